The van der Waals surface area contributed by atoms with Crippen molar-refractivity contribution >= 4 is 34.6 Å². The molecule has 2 N–H and O–H groups in total. The summed E-state index contributed by atoms with van der Waals surface area (Å²) in [5.41, 5.74) is 6.19. The largest absolute Gasteiger partial charge is 0.390 e. The number of hydrogen-bond donors (Lipinski definition) is 2. The van der Waals surface area contributed by atoms with Crippen LogP contribution >= 0.6 is 11.8 Å². The number of aromatic nitrogens is 4. The van der Waals surface area contributed by atoms with Crippen molar-refractivity contribution in [1.29, 1.82) is 0 Å². The first-order valence-corrected chi connectivity index (χ1v) is 10.2. The van der Waals surface area contributed by atoms with Crippen LogP contribution in [0.2, 0.25) is 0 Å². The highest BCUT2D eigenvalue weighted by Crippen LogP contribution is 2.39. The Bertz CT molecular complexity index is 1150. The molecule has 2 aromatic heterocycles. The van der Waals surface area contributed by atoms with Crippen molar-refractivity contribution in [2.45, 2.75) is 4.90 Å². The molecule has 3 aliphatic heterocycles. The number of imidazole rings is 1. The number of nitrogens with one attached hydrogen (secondary N) is 2. The van der Waals surface area contributed by atoms with Crippen LogP contribution in [0.1, 0.15) is 0 Å². The smallest absolute Gasteiger partial charge is 0.228 e. The van der Waals surface area contributed by atoms with Crippen LogP contribution in [-0.4, -0.2) is 46.6 Å². The van der Waals surface area contributed by atoms with Crippen molar-refractivity contribution in [3.8, 4) is 11.3 Å². The number of nitrogens with zero attached hydrogens (tertiary/aromatic N) is 5. The fourth-order valence-corrected chi connectivity index (χ4v) is 5.05. The maximum atomic E-state index is 4.96. The highest BCUT2D eigenvalue weighted by Gasteiger charge is 2.32. The molecular weight excluding hydrogens is 370 g/mol. The number of hydrogen-bond acceptors (Lipinski definition) is 7. The van der Waals surface area contributed by atoms with Crippen molar-refractivity contribution < 1.29 is 0 Å². The third-order valence-electron chi connectivity index (χ3n) is 5.63. The Labute approximate surface area is 166 Å². The molecule has 1 aromatic carbocycles. The lowest BCUT2D eigenvalue weighted by atomic mass is 10.1. The monoisotopic (exact) mass is 389 g/mol. The number of anilines is 2. The molecule has 5 heterocycles. The normalized spacial score (nSPS) is 20.3. The number of aromatic amines is 1. The second kappa shape index (κ2) is 6.00. The van der Waals surface area contributed by atoms with E-state index in [0.717, 1.165) is 48.0 Å². The Kier molecular flexibility index (Phi) is 3.43. The number of H-pyrrole nitrogens is 1. The number of fused-ring (bicyclic) bond motifs is 3. The van der Waals surface area contributed by atoms with Crippen molar-refractivity contribution in [2.24, 2.45) is 5.92 Å². The Morgan fingerprint density at radius 1 is 1.25 bits per heavy atom. The summed E-state index contributed by atoms with van der Waals surface area (Å²) in [7, 11) is 2.07. The van der Waals surface area contributed by atoms with Crippen LogP contribution in [0.15, 0.2) is 52.8 Å². The average Bonchev–Trinajstić information content (AvgIpc) is 3.42. The van der Waals surface area contributed by atoms with E-state index >= 15 is 0 Å². The molecule has 140 valence electrons. The second-order valence-corrected chi connectivity index (χ2v) is 8.32. The number of benzene rings is 1. The van der Waals surface area contributed by atoms with Gasteiger partial charge in [-0.15, -0.1) is 0 Å². The van der Waals surface area contributed by atoms with Crippen LogP contribution in [0.4, 0.5) is 11.6 Å². The minimum absolute atomic E-state index is 0.562. The van der Waals surface area contributed by atoms with Gasteiger partial charge in [0.25, 0.3) is 0 Å². The molecule has 1 saturated heterocycles. The molecule has 7 nitrogen and oxygen atoms in total. The molecule has 0 aliphatic carbocycles. The van der Waals surface area contributed by atoms with Gasteiger partial charge in [0.15, 0.2) is 5.65 Å². The first-order valence-electron chi connectivity index (χ1n) is 9.35. The fourth-order valence-electron chi connectivity index (χ4n) is 4.13. The van der Waals surface area contributed by atoms with Crippen LogP contribution in [0.25, 0.3) is 22.4 Å². The van der Waals surface area contributed by atoms with Gasteiger partial charge in [0, 0.05) is 49.3 Å². The quantitative estimate of drug-likeness (QED) is 0.698. The Morgan fingerprint density at radius 2 is 2.21 bits per heavy atom. The molecule has 1 fully saturated rings. The van der Waals surface area contributed by atoms with Crippen LogP contribution in [0.3, 0.4) is 0 Å². The van der Waals surface area contributed by atoms with Gasteiger partial charge in [0.2, 0.25) is 5.95 Å². The molecule has 0 saturated carbocycles. The van der Waals surface area contributed by atoms with Gasteiger partial charge < -0.3 is 20.1 Å². The molecule has 0 bridgehead atoms. The molecule has 1 unspecified atom stereocenters. The van der Waals surface area contributed by atoms with Crippen LogP contribution in [0.5, 0.6) is 0 Å². The topological polar surface area (TPSA) is 73.0 Å². The van der Waals surface area contributed by atoms with Gasteiger partial charge in [-0.3, -0.25) is 0 Å². The molecule has 0 spiro atoms. The summed E-state index contributed by atoms with van der Waals surface area (Å²) in [5.74, 6) is 1.33. The third-order valence-corrected chi connectivity index (χ3v) is 6.47. The number of rotatable bonds is 2. The summed E-state index contributed by atoms with van der Waals surface area (Å²) in [6.07, 6.45) is 5.92. The van der Waals surface area contributed by atoms with Crippen molar-refractivity contribution in [3.05, 3.63) is 47.9 Å². The first kappa shape index (κ1) is 16.0. The van der Waals surface area contributed by atoms with Crippen LogP contribution in [0, 0.1) is 5.92 Å². The molecule has 3 aromatic rings. The summed E-state index contributed by atoms with van der Waals surface area (Å²) >= 11 is 1.73. The van der Waals surface area contributed by atoms with Gasteiger partial charge in [-0.1, -0.05) is 17.8 Å². The van der Waals surface area contributed by atoms with Crippen LogP contribution < -0.4 is 15.1 Å². The molecule has 0 amide bonds. The lowest BCUT2D eigenvalue weighted by Gasteiger charge is -2.22. The third kappa shape index (κ3) is 2.41. The number of thioether (sulfide) groups is 1. The highest BCUT2D eigenvalue weighted by molar-refractivity contribution is 8.02. The lowest BCUT2D eigenvalue weighted by Crippen LogP contribution is -2.25. The Balaban J connectivity index is 1.46. The zero-order valence-electron chi connectivity index (χ0n) is 15.4. The van der Waals surface area contributed by atoms with E-state index in [0.29, 0.717) is 5.92 Å². The molecule has 8 heteroatoms. The first-order chi connectivity index (χ1) is 13.8. The maximum absolute atomic E-state index is 4.96. The maximum Gasteiger partial charge on any atom is 0.228 e. The SMILES string of the molecule is CN1C=CSc2cc(-c3nc(N4CC5=CNCC5C4)nc4[nH]cnc34)ccc21. The van der Waals surface area contributed by atoms with Gasteiger partial charge in [-0.05, 0) is 29.3 Å². The van der Waals surface area contributed by atoms with Gasteiger partial charge in [0.1, 0.15) is 11.2 Å². The zero-order valence-corrected chi connectivity index (χ0v) is 16.2. The molecule has 28 heavy (non-hydrogen) atoms. The van der Waals surface area contributed by atoms with Crippen molar-refractivity contribution in [1.82, 2.24) is 25.3 Å². The predicted octanol–water partition coefficient (Wildman–Crippen LogP) is 2.96. The molecule has 3 aliphatic rings. The molecule has 0 radical (unpaired) electrons. The minimum atomic E-state index is 0.562. The standard InChI is InChI=1S/C20H19N7S/c1-26-4-5-28-16-6-12(2-3-15(16)26)17-18-19(23-11-22-18)25-20(24-17)27-9-13-7-21-8-14(13)10-27/h2-7,11,14,21H,8-10H2,1H3,(H,22,23,24,25). The Hall–Kier alpha value is -3.00. The van der Waals surface area contributed by atoms with E-state index < -0.39 is 0 Å². The van der Waals surface area contributed by atoms with E-state index in [4.69, 9.17) is 9.97 Å². The molecule has 1 atom stereocenters. The fraction of sp³-hybridized carbons (Fsp3) is 0.250. The second-order valence-electron chi connectivity index (χ2n) is 7.37. The summed E-state index contributed by atoms with van der Waals surface area (Å²) in [6.45, 7) is 2.84. The zero-order chi connectivity index (χ0) is 18.7. The van der Waals surface area contributed by atoms with E-state index in [1.807, 2.05) is 0 Å². The molecule has 6 rings (SSSR count). The Morgan fingerprint density at radius 3 is 3.14 bits per heavy atom. The molecular formula is C20H19N7S. The highest BCUT2D eigenvalue weighted by atomic mass is 32.2. The van der Waals surface area contributed by atoms with Gasteiger partial charge in [0.05, 0.1) is 12.0 Å². The van der Waals surface area contributed by atoms with E-state index in [1.165, 1.54) is 16.2 Å². The van der Waals surface area contributed by atoms with Gasteiger partial charge in [-0.25, -0.2) is 9.97 Å². The predicted molar refractivity (Wildman–Crippen MR) is 112 cm³/mol. The lowest BCUT2D eigenvalue weighted by molar-refractivity contribution is 0.673. The van der Waals surface area contributed by atoms with Gasteiger partial charge >= 0.3 is 0 Å². The summed E-state index contributed by atoms with van der Waals surface area (Å²) in [5, 5.41) is 5.44. The summed E-state index contributed by atoms with van der Waals surface area (Å²) in [4.78, 5) is 23.0. The van der Waals surface area contributed by atoms with Gasteiger partial charge in [-0.2, -0.15) is 4.98 Å². The van der Waals surface area contributed by atoms with Crippen molar-refractivity contribution in [3.63, 3.8) is 0 Å². The average molecular weight is 389 g/mol. The summed E-state index contributed by atoms with van der Waals surface area (Å²) in [6, 6.07) is 6.48. The van der Waals surface area contributed by atoms with E-state index in [-0.39, 0.29) is 0 Å². The van der Waals surface area contributed by atoms with Crippen molar-refractivity contribution in [2.75, 3.05) is 36.5 Å². The van der Waals surface area contributed by atoms with E-state index in [9.17, 15) is 0 Å². The summed E-state index contributed by atoms with van der Waals surface area (Å²) < 4.78 is 0. The van der Waals surface area contributed by atoms with Crippen LogP contribution in [-0.2, 0) is 0 Å². The minimum Gasteiger partial charge on any atom is -0.390 e. The van der Waals surface area contributed by atoms with E-state index in [1.54, 1.807) is 18.1 Å². The van der Waals surface area contributed by atoms with E-state index in [2.05, 4.69) is 68.1 Å².